The monoisotopic (exact) mass is 521 g/mol. The summed E-state index contributed by atoms with van der Waals surface area (Å²) < 4.78 is 76.7. The summed E-state index contributed by atoms with van der Waals surface area (Å²) in [7, 11) is -1.39. The molecule has 0 saturated heterocycles. The standard InChI is InChI=1S/C24H22F3N3O5S/c1-34-21-12-11-19(14-22(21)35-2)30(36(32,33)20-9-4-3-5-10-20)16-23(31)29-28-15-17-7-6-8-18(13-17)24(25,26)27/h3-15H,16H2,1-2H3,(H,29,31)/b28-15-. The van der Waals surface area contributed by atoms with Gasteiger partial charge in [0.25, 0.3) is 15.9 Å². The van der Waals surface area contributed by atoms with Crippen LogP contribution in [0, 0.1) is 0 Å². The van der Waals surface area contributed by atoms with Crippen molar-refractivity contribution >= 4 is 27.8 Å². The van der Waals surface area contributed by atoms with E-state index in [1.807, 2.05) is 0 Å². The molecule has 0 aliphatic rings. The van der Waals surface area contributed by atoms with Gasteiger partial charge < -0.3 is 9.47 Å². The van der Waals surface area contributed by atoms with E-state index in [0.29, 0.717) is 5.75 Å². The van der Waals surface area contributed by atoms with Gasteiger partial charge in [-0.3, -0.25) is 9.10 Å². The number of nitrogens with zero attached hydrogens (tertiary/aromatic N) is 2. The van der Waals surface area contributed by atoms with E-state index in [1.165, 1.54) is 56.7 Å². The van der Waals surface area contributed by atoms with Crippen molar-refractivity contribution in [3.8, 4) is 11.5 Å². The van der Waals surface area contributed by atoms with E-state index in [4.69, 9.17) is 9.47 Å². The molecule has 0 atom stereocenters. The molecule has 1 N–H and O–H groups in total. The van der Waals surface area contributed by atoms with Gasteiger partial charge >= 0.3 is 6.18 Å². The Morgan fingerprint density at radius 3 is 2.31 bits per heavy atom. The van der Waals surface area contributed by atoms with Gasteiger partial charge in [-0.25, -0.2) is 13.8 Å². The molecule has 3 aromatic carbocycles. The van der Waals surface area contributed by atoms with Gasteiger partial charge in [0.05, 0.1) is 36.6 Å². The summed E-state index contributed by atoms with van der Waals surface area (Å²) in [5, 5.41) is 3.67. The molecule has 3 aromatic rings. The van der Waals surface area contributed by atoms with Crippen molar-refractivity contribution in [2.45, 2.75) is 11.1 Å². The number of halogens is 3. The smallest absolute Gasteiger partial charge is 0.416 e. The molecule has 8 nitrogen and oxygen atoms in total. The topological polar surface area (TPSA) is 97.3 Å². The number of sulfonamides is 1. The zero-order valence-corrected chi connectivity index (χ0v) is 20.0. The molecule has 0 fully saturated rings. The SMILES string of the molecule is COc1ccc(N(CC(=O)N/N=C\c2cccc(C(F)(F)F)c2)S(=O)(=O)c2ccccc2)cc1OC. The van der Waals surface area contributed by atoms with Crippen LogP contribution in [0.4, 0.5) is 18.9 Å². The number of benzene rings is 3. The Morgan fingerprint density at radius 1 is 0.972 bits per heavy atom. The quantitative estimate of drug-likeness (QED) is 0.338. The van der Waals surface area contributed by atoms with Crippen molar-refractivity contribution in [2.75, 3.05) is 25.1 Å². The first-order valence-corrected chi connectivity index (χ1v) is 11.8. The zero-order chi connectivity index (χ0) is 26.3. The summed E-state index contributed by atoms with van der Waals surface area (Å²) in [6.45, 7) is -0.674. The van der Waals surface area contributed by atoms with Crippen LogP contribution in [0.2, 0.25) is 0 Å². The van der Waals surface area contributed by atoms with Crippen molar-refractivity contribution in [1.82, 2.24) is 5.43 Å². The first kappa shape index (κ1) is 26.5. The maximum Gasteiger partial charge on any atom is 0.416 e. The molecule has 0 aliphatic heterocycles. The first-order chi connectivity index (χ1) is 17.1. The van der Waals surface area contributed by atoms with Crippen LogP contribution in [-0.2, 0) is 21.0 Å². The van der Waals surface area contributed by atoms with Crippen LogP contribution in [0.3, 0.4) is 0 Å². The second kappa shape index (κ2) is 11.1. The van der Waals surface area contributed by atoms with Crippen molar-refractivity contribution < 1.29 is 35.9 Å². The third-order valence-electron chi connectivity index (χ3n) is 4.89. The van der Waals surface area contributed by atoms with E-state index in [1.54, 1.807) is 18.2 Å². The van der Waals surface area contributed by atoms with E-state index >= 15 is 0 Å². The van der Waals surface area contributed by atoms with Crippen molar-refractivity contribution in [2.24, 2.45) is 5.10 Å². The lowest BCUT2D eigenvalue weighted by atomic mass is 10.1. The predicted octanol–water partition coefficient (Wildman–Crippen LogP) is 4.07. The second-order valence-electron chi connectivity index (χ2n) is 7.28. The molecule has 0 radical (unpaired) electrons. The molecule has 3 rings (SSSR count). The molecule has 190 valence electrons. The molecule has 0 aliphatic carbocycles. The van der Waals surface area contributed by atoms with E-state index in [-0.39, 0.29) is 21.9 Å². The number of ether oxygens (including phenoxy) is 2. The highest BCUT2D eigenvalue weighted by atomic mass is 32.2. The van der Waals surface area contributed by atoms with Gasteiger partial charge in [-0.2, -0.15) is 18.3 Å². The summed E-state index contributed by atoms with van der Waals surface area (Å²) in [6, 6.07) is 16.2. The lowest BCUT2D eigenvalue weighted by Crippen LogP contribution is -2.39. The van der Waals surface area contributed by atoms with Crippen LogP contribution in [0.1, 0.15) is 11.1 Å². The van der Waals surface area contributed by atoms with E-state index < -0.39 is 34.2 Å². The van der Waals surface area contributed by atoms with Crippen LogP contribution in [0.5, 0.6) is 11.5 Å². The fourth-order valence-corrected chi connectivity index (χ4v) is 4.59. The van der Waals surface area contributed by atoms with E-state index in [0.717, 1.165) is 22.7 Å². The third kappa shape index (κ3) is 6.33. The van der Waals surface area contributed by atoms with Gasteiger partial charge in [0.1, 0.15) is 6.54 Å². The minimum Gasteiger partial charge on any atom is -0.493 e. The maximum atomic E-state index is 13.4. The molecule has 0 saturated carbocycles. The van der Waals surface area contributed by atoms with Gasteiger partial charge in [0.2, 0.25) is 0 Å². The summed E-state index contributed by atoms with van der Waals surface area (Å²) >= 11 is 0. The molecular weight excluding hydrogens is 499 g/mol. The largest absolute Gasteiger partial charge is 0.493 e. The molecule has 0 heterocycles. The van der Waals surface area contributed by atoms with Crippen LogP contribution in [0.25, 0.3) is 0 Å². The molecule has 0 unspecified atom stereocenters. The van der Waals surface area contributed by atoms with E-state index in [2.05, 4.69) is 10.5 Å². The number of anilines is 1. The number of rotatable bonds is 9. The summed E-state index contributed by atoms with van der Waals surface area (Å²) in [4.78, 5) is 12.6. The Morgan fingerprint density at radius 2 is 1.67 bits per heavy atom. The lowest BCUT2D eigenvalue weighted by Gasteiger charge is -2.24. The van der Waals surface area contributed by atoms with Crippen molar-refractivity contribution in [3.63, 3.8) is 0 Å². The minimum absolute atomic E-state index is 0.0555. The predicted molar refractivity (Wildman–Crippen MR) is 128 cm³/mol. The molecular formula is C24H22F3N3O5S. The van der Waals surface area contributed by atoms with Gasteiger partial charge in [0, 0.05) is 6.07 Å². The number of amides is 1. The number of nitrogens with one attached hydrogen (secondary N) is 1. The number of hydrogen-bond donors (Lipinski definition) is 1. The number of methoxy groups -OCH3 is 2. The van der Waals surface area contributed by atoms with Crippen molar-refractivity contribution in [1.29, 1.82) is 0 Å². The number of carbonyl (C=O) groups excluding carboxylic acids is 1. The zero-order valence-electron chi connectivity index (χ0n) is 19.2. The Hall–Kier alpha value is -4.06. The van der Waals surface area contributed by atoms with Crippen molar-refractivity contribution in [3.05, 3.63) is 83.9 Å². The Kier molecular flexibility index (Phi) is 8.20. The fourth-order valence-electron chi connectivity index (χ4n) is 3.15. The average Bonchev–Trinajstić information content (AvgIpc) is 2.87. The summed E-state index contributed by atoms with van der Waals surface area (Å²) in [6.07, 6.45) is -3.50. The summed E-state index contributed by atoms with van der Waals surface area (Å²) in [5.74, 6) is -0.229. The Labute approximate surface area is 206 Å². The van der Waals surface area contributed by atoms with E-state index in [9.17, 15) is 26.4 Å². The highest BCUT2D eigenvalue weighted by molar-refractivity contribution is 7.92. The number of carbonyl (C=O) groups is 1. The van der Waals surface area contributed by atoms with Gasteiger partial charge in [-0.05, 0) is 42.0 Å². The molecule has 12 heteroatoms. The Bertz CT molecular complexity index is 1350. The van der Waals surface area contributed by atoms with Crippen LogP contribution in [0.15, 0.2) is 82.8 Å². The molecule has 0 bridgehead atoms. The lowest BCUT2D eigenvalue weighted by molar-refractivity contribution is -0.137. The van der Waals surface area contributed by atoms with Crippen LogP contribution in [-0.4, -0.2) is 41.3 Å². The average molecular weight is 522 g/mol. The Balaban J connectivity index is 1.87. The highest BCUT2D eigenvalue weighted by Crippen LogP contribution is 2.34. The normalized spacial score (nSPS) is 11.8. The van der Waals surface area contributed by atoms with Crippen LogP contribution >= 0.6 is 0 Å². The van der Waals surface area contributed by atoms with Gasteiger partial charge in [-0.15, -0.1) is 0 Å². The molecule has 0 spiro atoms. The van der Waals surface area contributed by atoms with Gasteiger partial charge in [-0.1, -0.05) is 30.3 Å². The highest BCUT2D eigenvalue weighted by Gasteiger charge is 2.30. The molecule has 1 amide bonds. The second-order valence-corrected chi connectivity index (χ2v) is 9.14. The van der Waals surface area contributed by atoms with Gasteiger partial charge in [0.15, 0.2) is 11.5 Å². The number of alkyl halides is 3. The molecule has 36 heavy (non-hydrogen) atoms. The number of hydrazone groups is 1. The maximum absolute atomic E-state index is 13.4. The minimum atomic E-state index is -4.53. The third-order valence-corrected chi connectivity index (χ3v) is 6.68. The first-order valence-electron chi connectivity index (χ1n) is 10.3. The van der Waals surface area contributed by atoms with Crippen LogP contribution < -0.4 is 19.2 Å². The molecule has 0 aromatic heterocycles. The fraction of sp³-hybridized carbons (Fsp3) is 0.167. The number of hydrogen-bond acceptors (Lipinski definition) is 6. The summed E-state index contributed by atoms with van der Waals surface area (Å²) in [5.41, 5.74) is 1.50.